The monoisotopic (exact) mass is 172 g/mol. The number of nitriles is 1. The first kappa shape index (κ1) is 9.50. The minimum Gasteiger partial charge on any atom is -0.309 e. The predicted octanol–water partition coefficient (Wildman–Crippen LogP) is 1.94. The van der Waals surface area contributed by atoms with E-state index in [4.69, 9.17) is 11.0 Å². The van der Waals surface area contributed by atoms with Gasteiger partial charge in [-0.15, -0.1) is 6.58 Å². The van der Waals surface area contributed by atoms with Gasteiger partial charge in [0.25, 0.3) is 0 Å². The number of hydrogen-bond donors (Lipinski definition) is 1. The second-order valence-electron chi connectivity index (χ2n) is 2.94. The third-order valence-corrected chi connectivity index (χ3v) is 1.95. The SMILES string of the molecule is C=CCC(N)(C#N)c1ccccc1. The van der Waals surface area contributed by atoms with Crippen LogP contribution in [-0.2, 0) is 5.54 Å². The maximum Gasteiger partial charge on any atom is 0.133 e. The summed E-state index contributed by atoms with van der Waals surface area (Å²) in [6.45, 7) is 3.59. The molecular formula is C11H12N2. The molecule has 0 saturated heterocycles. The van der Waals surface area contributed by atoms with E-state index < -0.39 is 5.54 Å². The van der Waals surface area contributed by atoms with Crippen molar-refractivity contribution in [3.05, 3.63) is 48.6 Å². The Labute approximate surface area is 78.3 Å². The summed E-state index contributed by atoms with van der Waals surface area (Å²) in [5, 5.41) is 8.95. The summed E-state index contributed by atoms with van der Waals surface area (Å²) in [6.07, 6.45) is 2.13. The van der Waals surface area contributed by atoms with E-state index in [1.54, 1.807) is 6.08 Å². The van der Waals surface area contributed by atoms with Crippen LogP contribution >= 0.6 is 0 Å². The summed E-state index contributed by atoms with van der Waals surface area (Å²) in [7, 11) is 0. The molecule has 1 atom stereocenters. The highest BCUT2D eigenvalue weighted by molar-refractivity contribution is 5.31. The van der Waals surface area contributed by atoms with Crippen LogP contribution in [-0.4, -0.2) is 0 Å². The fourth-order valence-corrected chi connectivity index (χ4v) is 1.19. The molecule has 13 heavy (non-hydrogen) atoms. The van der Waals surface area contributed by atoms with Crippen LogP contribution in [0, 0.1) is 11.3 Å². The Hall–Kier alpha value is -1.59. The minimum atomic E-state index is -0.928. The van der Waals surface area contributed by atoms with Crippen molar-refractivity contribution in [2.24, 2.45) is 5.73 Å². The summed E-state index contributed by atoms with van der Waals surface area (Å²) in [4.78, 5) is 0. The quantitative estimate of drug-likeness (QED) is 0.708. The lowest BCUT2D eigenvalue weighted by atomic mass is 9.89. The fraction of sp³-hybridized carbons (Fsp3) is 0.182. The molecule has 2 heteroatoms. The summed E-state index contributed by atoms with van der Waals surface area (Å²) < 4.78 is 0. The molecule has 0 radical (unpaired) electrons. The molecule has 1 rings (SSSR count). The maximum absolute atomic E-state index is 8.95. The van der Waals surface area contributed by atoms with Crippen LogP contribution in [0.4, 0.5) is 0 Å². The van der Waals surface area contributed by atoms with E-state index in [9.17, 15) is 0 Å². The van der Waals surface area contributed by atoms with Gasteiger partial charge in [-0.3, -0.25) is 0 Å². The van der Waals surface area contributed by atoms with Crippen molar-refractivity contribution in [1.29, 1.82) is 5.26 Å². The van der Waals surface area contributed by atoms with Gasteiger partial charge in [-0.1, -0.05) is 36.4 Å². The van der Waals surface area contributed by atoms with Crippen LogP contribution < -0.4 is 5.73 Å². The van der Waals surface area contributed by atoms with Gasteiger partial charge in [0.05, 0.1) is 6.07 Å². The van der Waals surface area contributed by atoms with Crippen LogP contribution in [0.2, 0.25) is 0 Å². The number of benzene rings is 1. The lowest BCUT2D eigenvalue weighted by Crippen LogP contribution is -2.34. The molecule has 0 saturated carbocycles. The fourth-order valence-electron chi connectivity index (χ4n) is 1.19. The Morgan fingerprint density at radius 1 is 1.46 bits per heavy atom. The molecule has 0 aliphatic carbocycles. The van der Waals surface area contributed by atoms with E-state index in [0.717, 1.165) is 5.56 Å². The molecule has 0 spiro atoms. The molecule has 0 amide bonds. The molecule has 0 aromatic heterocycles. The largest absolute Gasteiger partial charge is 0.309 e. The van der Waals surface area contributed by atoms with Gasteiger partial charge in [0, 0.05) is 6.42 Å². The van der Waals surface area contributed by atoms with Crippen LogP contribution in [0.1, 0.15) is 12.0 Å². The van der Waals surface area contributed by atoms with Crippen molar-refractivity contribution >= 4 is 0 Å². The zero-order valence-electron chi connectivity index (χ0n) is 7.40. The Balaban J connectivity index is 3.04. The molecule has 66 valence electrons. The Morgan fingerprint density at radius 3 is 2.54 bits per heavy atom. The van der Waals surface area contributed by atoms with Crippen molar-refractivity contribution < 1.29 is 0 Å². The topological polar surface area (TPSA) is 49.8 Å². The molecule has 0 bridgehead atoms. The first-order chi connectivity index (χ1) is 6.23. The van der Waals surface area contributed by atoms with E-state index in [2.05, 4.69) is 12.6 Å². The first-order valence-corrected chi connectivity index (χ1v) is 4.09. The van der Waals surface area contributed by atoms with Gasteiger partial charge in [-0.2, -0.15) is 5.26 Å². The molecule has 1 unspecified atom stereocenters. The lowest BCUT2D eigenvalue weighted by molar-refractivity contribution is 0.586. The van der Waals surface area contributed by atoms with Gasteiger partial charge in [0.15, 0.2) is 0 Å². The molecule has 0 aliphatic heterocycles. The number of nitrogens with two attached hydrogens (primary N) is 1. The number of nitrogens with zero attached hydrogens (tertiary/aromatic N) is 1. The van der Waals surface area contributed by atoms with E-state index in [1.165, 1.54) is 0 Å². The summed E-state index contributed by atoms with van der Waals surface area (Å²) in [5.41, 5.74) is 5.80. The van der Waals surface area contributed by atoms with Gasteiger partial charge >= 0.3 is 0 Å². The van der Waals surface area contributed by atoms with Crippen molar-refractivity contribution in [2.75, 3.05) is 0 Å². The van der Waals surface area contributed by atoms with E-state index >= 15 is 0 Å². The van der Waals surface area contributed by atoms with Gasteiger partial charge in [-0.25, -0.2) is 0 Å². The molecule has 1 aromatic rings. The van der Waals surface area contributed by atoms with E-state index in [0.29, 0.717) is 6.42 Å². The molecule has 0 heterocycles. The molecule has 0 fully saturated rings. The van der Waals surface area contributed by atoms with Crippen molar-refractivity contribution in [3.63, 3.8) is 0 Å². The highest BCUT2D eigenvalue weighted by Gasteiger charge is 2.24. The van der Waals surface area contributed by atoms with Crippen LogP contribution in [0.5, 0.6) is 0 Å². The second-order valence-corrected chi connectivity index (χ2v) is 2.94. The molecule has 2 nitrogen and oxygen atoms in total. The minimum absolute atomic E-state index is 0.466. The zero-order valence-corrected chi connectivity index (χ0v) is 7.40. The van der Waals surface area contributed by atoms with Gasteiger partial charge < -0.3 is 5.73 Å². The third-order valence-electron chi connectivity index (χ3n) is 1.95. The summed E-state index contributed by atoms with van der Waals surface area (Å²) >= 11 is 0. The highest BCUT2D eigenvalue weighted by Crippen LogP contribution is 2.20. The predicted molar refractivity (Wildman–Crippen MR) is 52.7 cm³/mol. The summed E-state index contributed by atoms with van der Waals surface area (Å²) in [5.74, 6) is 0. The van der Waals surface area contributed by atoms with Crippen molar-refractivity contribution in [2.45, 2.75) is 12.0 Å². The second kappa shape index (κ2) is 3.88. The summed E-state index contributed by atoms with van der Waals surface area (Å²) in [6, 6.07) is 11.5. The van der Waals surface area contributed by atoms with Gasteiger partial charge in [-0.05, 0) is 5.56 Å². The highest BCUT2D eigenvalue weighted by atomic mass is 14.7. The maximum atomic E-state index is 8.95. The van der Waals surface area contributed by atoms with Crippen LogP contribution in [0.25, 0.3) is 0 Å². The van der Waals surface area contributed by atoms with Gasteiger partial charge in [0.1, 0.15) is 5.54 Å². The lowest BCUT2D eigenvalue weighted by Gasteiger charge is -2.19. The van der Waals surface area contributed by atoms with Crippen molar-refractivity contribution in [3.8, 4) is 6.07 Å². The first-order valence-electron chi connectivity index (χ1n) is 4.09. The standard InChI is InChI=1S/C11H12N2/c1-2-8-11(13,9-12)10-6-4-3-5-7-10/h2-7H,1,8,13H2. The molecule has 1 aromatic carbocycles. The third kappa shape index (κ3) is 1.95. The number of hydrogen-bond acceptors (Lipinski definition) is 2. The Morgan fingerprint density at radius 2 is 2.08 bits per heavy atom. The zero-order chi connectivity index (χ0) is 9.73. The van der Waals surface area contributed by atoms with Crippen molar-refractivity contribution in [1.82, 2.24) is 0 Å². The average Bonchev–Trinajstić information content (AvgIpc) is 2.19. The van der Waals surface area contributed by atoms with Crippen LogP contribution in [0.3, 0.4) is 0 Å². The molecule has 2 N–H and O–H groups in total. The smallest absolute Gasteiger partial charge is 0.133 e. The van der Waals surface area contributed by atoms with Gasteiger partial charge in [0.2, 0.25) is 0 Å². The van der Waals surface area contributed by atoms with E-state index in [-0.39, 0.29) is 0 Å². The van der Waals surface area contributed by atoms with E-state index in [1.807, 2.05) is 30.3 Å². The van der Waals surface area contributed by atoms with Crippen LogP contribution in [0.15, 0.2) is 43.0 Å². The number of rotatable bonds is 3. The molecule has 0 aliphatic rings. The average molecular weight is 172 g/mol. The Kier molecular flexibility index (Phi) is 2.84. The Bertz CT molecular complexity index is 324. The normalized spacial score (nSPS) is 14.2. The molecular weight excluding hydrogens is 160 g/mol.